The highest BCUT2D eigenvalue weighted by atomic mass is 19.3. The number of benzene rings is 1. The second-order valence-electron chi connectivity index (χ2n) is 3.37. The summed E-state index contributed by atoms with van der Waals surface area (Å²) in [5.74, 6) is -5.53. The zero-order valence-electron chi connectivity index (χ0n) is 8.65. The first-order valence-corrected chi connectivity index (χ1v) is 4.65. The van der Waals surface area contributed by atoms with Crippen LogP contribution in [0.3, 0.4) is 0 Å². The molecule has 0 atom stereocenters. The van der Waals surface area contributed by atoms with Crippen molar-refractivity contribution < 1.29 is 28.9 Å². The Hall–Kier alpha value is -1.89. The van der Waals surface area contributed by atoms with Gasteiger partial charge in [-0.15, -0.1) is 0 Å². The smallest absolute Gasteiger partial charge is 0.287 e. The molecule has 17 heavy (non-hydrogen) atoms. The maximum absolute atomic E-state index is 12.6. The zero-order valence-corrected chi connectivity index (χ0v) is 8.65. The van der Waals surface area contributed by atoms with Crippen molar-refractivity contribution in [2.75, 3.05) is 13.2 Å². The van der Waals surface area contributed by atoms with E-state index in [0.29, 0.717) is 0 Å². The van der Waals surface area contributed by atoms with Crippen LogP contribution in [0.4, 0.5) is 8.78 Å². The maximum Gasteiger partial charge on any atom is 0.287 e. The Kier molecular flexibility index (Phi) is 3.84. The van der Waals surface area contributed by atoms with Crippen LogP contribution in [0.2, 0.25) is 0 Å². The predicted octanol–water partition coefficient (Wildman–Crippen LogP) is 0.455. The van der Waals surface area contributed by atoms with Crippen LogP contribution < -0.4 is 5.32 Å². The standard InChI is InChI=1S/C10H11F2NO4/c11-10(12,5-14)4-13-9(17)8-6(15)2-1-3-7(8)16/h1-3,14-16H,4-5H2,(H,13,17). The lowest BCUT2D eigenvalue weighted by atomic mass is 10.1. The highest BCUT2D eigenvalue weighted by Gasteiger charge is 2.29. The lowest BCUT2D eigenvalue weighted by Gasteiger charge is -2.14. The molecule has 1 aromatic rings. The molecule has 0 fully saturated rings. The molecular weight excluding hydrogens is 236 g/mol. The molecule has 0 bridgehead atoms. The molecule has 94 valence electrons. The molecule has 1 aromatic carbocycles. The summed E-state index contributed by atoms with van der Waals surface area (Å²) in [6.45, 7) is -2.49. The van der Waals surface area contributed by atoms with Gasteiger partial charge in [-0.25, -0.2) is 8.78 Å². The van der Waals surface area contributed by atoms with Crippen LogP contribution in [0.5, 0.6) is 11.5 Å². The van der Waals surface area contributed by atoms with Crippen molar-refractivity contribution in [1.82, 2.24) is 5.32 Å². The minimum Gasteiger partial charge on any atom is -0.507 e. The lowest BCUT2D eigenvalue weighted by Crippen LogP contribution is -2.39. The minimum absolute atomic E-state index is 0.485. The molecule has 0 heterocycles. The van der Waals surface area contributed by atoms with Crippen molar-refractivity contribution >= 4 is 5.91 Å². The molecule has 1 amide bonds. The first-order chi connectivity index (χ1) is 7.87. The fourth-order valence-corrected chi connectivity index (χ4v) is 1.11. The average molecular weight is 247 g/mol. The Morgan fingerprint density at radius 1 is 1.29 bits per heavy atom. The Morgan fingerprint density at radius 3 is 2.29 bits per heavy atom. The second kappa shape index (κ2) is 4.96. The van der Waals surface area contributed by atoms with E-state index < -0.39 is 42.0 Å². The van der Waals surface area contributed by atoms with Gasteiger partial charge in [0.1, 0.15) is 23.7 Å². The Bertz CT molecular complexity index is 403. The summed E-state index contributed by atoms with van der Waals surface area (Å²) >= 11 is 0. The maximum atomic E-state index is 12.6. The summed E-state index contributed by atoms with van der Waals surface area (Å²) in [5.41, 5.74) is -0.485. The predicted molar refractivity (Wildman–Crippen MR) is 54.1 cm³/mol. The first-order valence-electron chi connectivity index (χ1n) is 4.65. The van der Waals surface area contributed by atoms with Crippen molar-refractivity contribution in [2.24, 2.45) is 0 Å². The molecule has 0 aromatic heterocycles. The van der Waals surface area contributed by atoms with Crippen LogP contribution in [0, 0.1) is 0 Å². The number of aliphatic hydroxyl groups excluding tert-OH is 1. The molecule has 0 radical (unpaired) electrons. The zero-order chi connectivity index (χ0) is 13.1. The lowest BCUT2D eigenvalue weighted by molar-refractivity contribution is -0.0462. The van der Waals surface area contributed by atoms with Crippen LogP contribution in [-0.2, 0) is 0 Å². The van der Waals surface area contributed by atoms with E-state index in [2.05, 4.69) is 0 Å². The van der Waals surface area contributed by atoms with Crippen molar-refractivity contribution in [1.29, 1.82) is 0 Å². The molecule has 1 rings (SSSR count). The normalized spacial score (nSPS) is 11.2. The van der Waals surface area contributed by atoms with E-state index in [1.165, 1.54) is 6.07 Å². The van der Waals surface area contributed by atoms with Crippen LogP contribution in [-0.4, -0.2) is 40.3 Å². The fourth-order valence-electron chi connectivity index (χ4n) is 1.11. The van der Waals surface area contributed by atoms with Gasteiger partial charge in [0.25, 0.3) is 11.8 Å². The number of rotatable bonds is 4. The first kappa shape index (κ1) is 13.2. The van der Waals surface area contributed by atoms with E-state index in [9.17, 15) is 23.8 Å². The number of aromatic hydroxyl groups is 2. The van der Waals surface area contributed by atoms with Gasteiger partial charge in [-0.1, -0.05) is 6.07 Å². The highest BCUT2D eigenvalue weighted by molar-refractivity contribution is 5.99. The summed E-state index contributed by atoms with van der Waals surface area (Å²) in [7, 11) is 0. The van der Waals surface area contributed by atoms with Crippen molar-refractivity contribution in [3.8, 4) is 11.5 Å². The molecule has 0 unspecified atom stereocenters. The van der Waals surface area contributed by atoms with Gasteiger partial charge in [0.15, 0.2) is 0 Å². The summed E-state index contributed by atoms with van der Waals surface area (Å²) in [4.78, 5) is 11.4. The van der Waals surface area contributed by atoms with E-state index in [-0.39, 0.29) is 0 Å². The third-order valence-electron chi connectivity index (χ3n) is 1.99. The molecule has 0 aliphatic rings. The second-order valence-corrected chi connectivity index (χ2v) is 3.37. The number of halogens is 2. The fraction of sp³-hybridized carbons (Fsp3) is 0.300. The van der Waals surface area contributed by atoms with Gasteiger partial charge in [0.05, 0.1) is 6.54 Å². The van der Waals surface area contributed by atoms with Gasteiger partial charge in [-0.3, -0.25) is 4.79 Å². The summed E-state index contributed by atoms with van der Waals surface area (Å²) in [6.07, 6.45) is 0. The molecule has 4 N–H and O–H groups in total. The summed E-state index contributed by atoms with van der Waals surface area (Å²) in [6, 6.07) is 3.57. The number of phenols is 2. The van der Waals surface area contributed by atoms with Gasteiger partial charge in [-0.05, 0) is 12.1 Å². The third-order valence-corrected chi connectivity index (χ3v) is 1.99. The van der Waals surface area contributed by atoms with Crippen LogP contribution >= 0.6 is 0 Å². The monoisotopic (exact) mass is 247 g/mol. The van der Waals surface area contributed by atoms with Crippen molar-refractivity contribution in [3.63, 3.8) is 0 Å². The van der Waals surface area contributed by atoms with E-state index in [1.54, 1.807) is 5.32 Å². The third kappa shape index (κ3) is 3.28. The summed E-state index contributed by atoms with van der Waals surface area (Å²) in [5, 5.41) is 28.7. The average Bonchev–Trinajstić information content (AvgIpc) is 2.26. The molecule has 0 aliphatic heterocycles. The topological polar surface area (TPSA) is 89.8 Å². The number of hydrogen-bond donors (Lipinski definition) is 4. The molecule has 0 saturated heterocycles. The van der Waals surface area contributed by atoms with Gasteiger partial charge < -0.3 is 20.6 Å². The number of phenolic OH excluding ortho intramolecular Hbond substituents is 2. The Morgan fingerprint density at radius 2 is 1.82 bits per heavy atom. The van der Waals surface area contributed by atoms with E-state index in [1.807, 2.05) is 0 Å². The largest absolute Gasteiger partial charge is 0.507 e. The van der Waals surface area contributed by atoms with Crippen LogP contribution in [0.25, 0.3) is 0 Å². The Balaban J connectivity index is 2.78. The van der Waals surface area contributed by atoms with E-state index >= 15 is 0 Å². The molecule has 0 aliphatic carbocycles. The summed E-state index contributed by atoms with van der Waals surface area (Å²) < 4.78 is 25.3. The quantitative estimate of drug-likeness (QED) is 0.622. The number of alkyl halides is 2. The molecule has 0 spiro atoms. The number of hydrogen-bond acceptors (Lipinski definition) is 4. The molecular formula is C10H11F2NO4. The molecule has 7 heteroatoms. The Labute approximate surface area is 95.3 Å². The van der Waals surface area contributed by atoms with Gasteiger partial charge in [-0.2, -0.15) is 0 Å². The van der Waals surface area contributed by atoms with Gasteiger partial charge in [0, 0.05) is 0 Å². The van der Waals surface area contributed by atoms with Crippen molar-refractivity contribution in [2.45, 2.75) is 5.92 Å². The van der Waals surface area contributed by atoms with Crippen LogP contribution in [0.15, 0.2) is 18.2 Å². The number of amides is 1. The highest BCUT2D eigenvalue weighted by Crippen LogP contribution is 2.26. The van der Waals surface area contributed by atoms with E-state index in [0.717, 1.165) is 12.1 Å². The number of carbonyl (C=O) groups is 1. The molecule has 5 nitrogen and oxygen atoms in total. The van der Waals surface area contributed by atoms with Gasteiger partial charge in [0.2, 0.25) is 0 Å². The number of aliphatic hydroxyl groups is 1. The SMILES string of the molecule is O=C(NCC(F)(F)CO)c1c(O)cccc1O. The number of nitrogens with one attached hydrogen (secondary N) is 1. The number of carbonyl (C=O) groups excluding carboxylic acids is 1. The van der Waals surface area contributed by atoms with Crippen LogP contribution in [0.1, 0.15) is 10.4 Å². The molecule has 0 saturated carbocycles. The minimum atomic E-state index is -3.45. The van der Waals surface area contributed by atoms with Gasteiger partial charge >= 0.3 is 0 Å². The van der Waals surface area contributed by atoms with E-state index in [4.69, 9.17) is 5.11 Å². The van der Waals surface area contributed by atoms with Crippen molar-refractivity contribution in [3.05, 3.63) is 23.8 Å².